The van der Waals surface area contributed by atoms with E-state index in [9.17, 15) is 10.4 Å². The Morgan fingerprint density at radius 2 is 1.95 bits per heavy atom. The van der Waals surface area contributed by atoms with Crippen LogP contribution < -0.4 is 0 Å². The minimum Gasteiger partial charge on any atom is -0.377 e. The van der Waals surface area contributed by atoms with E-state index >= 15 is 0 Å². The highest BCUT2D eigenvalue weighted by Crippen LogP contribution is 2.39. The fourth-order valence-electron chi connectivity index (χ4n) is 2.88. The highest BCUT2D eigenvalue weighted by molar-refractivity contribution is 5.25. The van der Waals surface area contributed by atoms with Crippen LogP contribution in [0.4, 0.5) is 0 Å². The fraction of sp³-hybridized carbons (Fsp3) is 0.444. The second kappa shape index (κ2) is 6.76. The number of aliphatic hydroxyl groups is 1. The van der Waals surface area contributed by atoms with Crippen molar-refractivity contribution in [3.8, 4) is 6.07 Å². The first-order chi connectivity index (χ1) is 10.4. The standard InChI is InChI=1S/C18H23N3O/c1-18(2,3)11-15(21-10-9-20-13-21)17(16(22)12-19)14-7-5-4-6-8-14/h4-10,13,15-17,22H,11H2,1-3H3. The van der Waals surface area contributed by atoms with Crippen LogP contribution in [0.15, 0.2) is 49.1 Å². The molecule has 1 aromatic heterocycles. The Hall–Kier alpha value is -2.12. The van der Waals surface area contributed by atoms with E-state index in [1.165, 1.54) is 0 Å². The minimum absolute atomic E-state index is 0.0282. The lowest BCUT2D eigenvalue weighted by molar-refractivity contribution is 0.143. The summed E-state index contributed by atoms with van der Waals surface area (Å²) in [6.45, 7) is 6.49. The van der Waals surface area contributed by atoms with Gasteiger partial charge >= 0.3 is 0 Å². The number of benzene rings is 1. The van der Waals surface area contributed by atoms with E-state index in [1.54, 1.807) is 12.5 Å². The summed E-state index contributed by atoms with van der Waals surface area (Å²) in [7, 11) is 0. The van der Waals surface area contributed by atoms with Crippen molar-refractivity contribution >= 4 is 0 Å². The van der Waals surface area contributed by atoms with Crippen LogP contribution in [0, 0.1) is 16.7 Å². The van der Waals surface area contributed by atoms with Crippen LogP contribution >= 0.6 is 0 Å². The molecular formula is C18H23N3O. The summed E-state index contributed by atoms with van der Waals surface area (Å²) in [6, 6.07) is 11.7. The molecule has 0 saturated heterocycles. The highest BCUT2D eigenvalue weighted by Gasteiger charge is 2.33. The summed E-state index contributed by atoms with van der Waals surface area (Å²) in [4.78, 5) is 4.13. The summed E-state index contributed by atoms with van der Waals surface area (Å²) in [5.74, 6) is -0.292. The number of nitrogens with zero attached hydrogens (tertiary/aromatic N) is 3. The zero-order valence-corrected chi connectivity index (χ0v) is 13.3. The average molecular weight is 297 g/mol. The summed E-state index contributed by atoms with van der Waals surface area (Å²) in [6.07, 6.45) is 5.17. The molecule has 116 valence electrons. The first-order valence-electron chi connectivity index (χ1n) is 7.52. The van der Waals surface area contributed by atoms with Gasteiger partial charge in [-0.15, -0.1) is 0 Å². The van der Waals surface area contributed by atoms with Gasteiger partial charge in [0.25, 0.3) is 0 Å². The monoisotopic (exact) mass is 297 g/mol. The molecule has 0 saturated carbocycles. The number of hydrogen-bond acceptors (Lipinski definition) is 3. The van der Waals surface area contributed by atoms with Crippen LogP contribution in [-0.4, -0.2) is 20.8 Å². The molecule has 3 atom stereocenters. The molecule has 4 nitrogen and oxygen atoms in total. The molecule has 4 heteroatoms. The number of imidazole rings is 1. The maximum absolute atomic E-state index is 10.3. The van der Waals surface area contributed by atoms with Crippen molar-refractivity contribution in [3.05, 3.63) is 54.6 Å². The minimum atomic E-state index is -1.06. The molecular weight excluding hydrogens is 274 g/mol. The molecule has 0 fully saturated rings. The Morgan fingerprint density at radius 1 is 1.27 bits per heavy atom. The predicted molar refractivity (Wildman–Crippen MR) is 86.1 cm³/mol. The normalized spacial score (nSPS) is 15.8. The van der Waals surface area contributed by atoms with Gasteiger partial charge in [0.15, 0.2) is 0 Å². The van der Waals surface area contributed by atoms with E-state index in [0.717, 1.165) is 12.0 Å². The van der Waals surface area contributed by atoms with Crippen molar-refractivity contribution in [2.45, 2.75) is 45.3 Å². The van der Waals surface area contributed by atoms with Crippen LogP contribution in [-0.2, 0) is 0 Å². The molecule has 0 spiro atoms. The van der Waals surface area contributed by atoms with Gasteiger partial charge in [0.2, 0.25) is 0 Å². The lowest BCUT2D eigenvalue weighted by Gasteiger charge is -2.34. The third-order valence-electron chi connectivity index (χ3n) is 3.80. The zero-order valence-electron chi connectivity index (χ0n) is 13.3. The van der Waals surface area contributed by atoms with E-state index < -0.39 is 6.10 Å². The van der Waals surface area contributed by atoms with Crippen LogP contribution in [0.5, 0.6) is 0 Å². The van der Waals surface area contributed by atoms with Gasteiger partial charge in [-0.25, -0.2) is 4.98 Å². The molecule has 3 unspecified atom stereocenters. The zero-order chi connectivity index (χ0) is 16.2. The van der Waals surface area contributed by atoms with Crippen molar-refractivity contribution in [2.75, 3.05) is 0 Å². The Morgan fingerprint density at radius 3 is 2.45 bits per heavy atom. The van der Waals surface area contributed by atoms with Crippen LogP contribution in [0.1, 0.15) is 44.7 Å². The molecule has 0 aliphatic heterocycles. The highest BCUT2D eigenvalue weighted by atomic mass is 16.3. The van der Waals surface area contributed by atoms with Gasteiger partial charge in [-0.3, -0.25) is 0 Å². The molecule has 0 amide bonds. The summed E-state index contributed by atoms with van der Waals surface area (Å²) < 4.78 is 2.00. The van der Waals surface area contributed by atoms with Crippen molar-refractivity contribution in [2.24, 2.45) is 5.41 Å². The van der Waals surface area contributed by atoms with Crippen molar-refractivity contribution in [1.82, 2.24) is 9.55 Å². The van der Waals surface area contributed by atoms with Crippen LogP contribution in [0.3, 0.4) is 0 Å². The number of aromatic nitrogens is 2. The van der Waals surface area contributed by atoms with Gasteiger partial charge in [-0.1, -0.05) is 51.1 Å². The van der Waals surface area contributed by atoms with Gasteiger partial charge in [-0.05, 0) is 17.4 Å². The van der Waals surface area contributed by atoms with Gasteiger partial charge in [0, 0.05) is 24.4 Å². The maximum atomic E-state index is 10.3. The molecule has 0 aliphatic carbocycles. The maximum Gasteiger partial charge on any atom is 0.149 e. The molecule has 1 heterocycles. The average Bonchev–Trinajstić information content (AvgIpc) is 3.00. The van der Waals surface area contributed by atoms with E-state index in [4.69, 9.17) is 0 Å². The second-order valence-corrected chi connectivity index (χ2v) is 6.85. The molecule has 1 N–H and O–H groups in total. The van der Waals surface area contributed by atoms with E-state index in [-0.39, 0.29) is 17.4 Å². The first-order valence-corrected chi connectivity index (χ1v) is 7.52. The summed E-state index contributed by atoms with van der Waals surface area (Å²) in [5, 5.41) is 19.6. The Kier molecular flexibility index (Phi) is 4.99. The van der Waals surface area contributed by atoms with Crippen molar-refractivity contribution < 1.29 is 5.11 Å². The lowest BCUT2D eigenvalue weighted by atomic mass is 9.78. The summed E-state index contributed by atoms with van der Waals surface area (Å²) >= 11 is 0. The summed E-state index contributed by atoms with van der Waals surface area (Å²) in [5.41, 5.74) is 1.04. The van der Waals surface area contributed by atoms with E-state index in [1.807, 2.05) is 47.2 Å². The predicted octanol–water partition coefficient (Wildman–Crippen LogP) is 3.53. The Balaban J connectivity index is 2.46. The molecule has 1 aromatic carbocycles. The van der Waals surface area contributed by atoms with Gasteiger partial charge < -0.3 is 9.67 Å². The van der Waals surface area contributed by atoms with Crippen molar-refractivity contribution in [1.29, 1.82) is 5.26 Å². The largest absolute Gasteiger partial charge is 0.377 e. The van der Waals surface area contributed by atoms with E-state index in [0.29, 0.717) is 0 Å². The molecule has 0 aliphatic rings. The Bertz CT molecular complexity index is 608. The van der Waals surface area contributed by atoms with E-state index in [2.05, 4.69) is 25.8 Å². The number of rotatable bonds is 5. The lowest BCUT2D eigenvalue weighted by Crippen LogP contribution is -2.30. The SMILES string of the molecule is CC(C)(C)CC(C(c1ccccc1)C(O)C#N)n1ccnc1. The molecule has 0 bridgehead atoms. The molecule has 0 radical (unpaired) electrons. The number of nitriles is 1. The first kappa shape index (κ1) is 16.3. The van der Waals surface area contributed by atoms with Gasteiger partial charge in [0.1, 0.15) is 6.10 Å². The smallest absolute Gasteiger partial charge is 0.149 e. The Labute approximate surface area is 132 Å². The third-order valence-corrected chi connectivity index (χ3v) is 3.80. The van der Waals surface area contributed by atoms with Crippen LogP contribution in [0.2, 0.25) is 0 Å². The molecule has 2 rings (SSSR count). The van der Waals surface area contributed by atoms with Crippen molar-refractivity contribution in [3.63, 3.8) is 0 Å². The third kappa shape index (κ3) is 3.96. The van der Waals surface area contributed by atoms with Gasteiger partial charge in [0.05, 0.1) is 12.4 Å². The molecule has 22 heavy (non-hydrogen) atoms. The topological polar surface area (TPSA) is 61.8 Å². The quantitative estimate of drug-likeness (QED) is 0.859. The second-order valence-electron chi connectivity index (χ2n) is 6.85. The van der Waals surface area contributed by atoms with Crippen LogP contribution in [0.25, 0.3) is 0 Å². The number of hydrogen-bond donors (Lipinski definition) is 1. The molecule has 2 aromatic rings. The number of aliphatic hydroxyl groups excluding tert-OH is 1. The van der Waals surface area contributed by atoms with Gasteiger partial charge in [-0.2, -0.15) is 5.26 Å². The fourth-order valence-corrected chi connectivity index (χ4v) is 2.88.